The van der Waals surface area contributed by atoms with E-state index in [-0.39, 0.29) is 5.54 Å². The molecule has 0 radical (unpaired) electrons. The molecule has 0 spiro atoms. The number of allylic oxidation sites excluding steroid dienone is 2. The van der Waals surface area contributed by atoms with Gasteiger partial charge in [-0.15, -0.1) is 0 Å². The molecule has 0 aromatic heterocycles. The maximum atomic E-state index is 4.36. The Morgan fingerprint density at radius 1 is 1.15 bits per heavy atom. The average Bonchev–Trinajstić information content (AvgIpc) is 2.01. The Balaban J connectivity index is 3.46. The quantitative estimate of drug-likeness (QED) is 0.449. The van der Waals surface area contributed by atoms with Gasteiger partial charge in [-0.3, -0.25) is 4.99 Å². The normalized spacial score (nSPS) is 13.2. The second-order valence-electron chi connectivity index (χ2n) is 4.37. The van der Waals surface area contributed by atoms with Gasteiger partial charge in [0.2, 0.25) is 0 Å². The molecule has 0 aliphatic heterocycles. The summed E-state index contributed by atoms with van der Waals surface area (Å²) in [4.78, 5) is 4.36. The Labute approximate surface area is 83.0 Å². The van der Waals surface area contributed by atoms with Gasteiger partial charge in [-0.2, -0.15) is 0 Å². The number of rotatable bonds is 5. The van der Waals surface area contributed by atoms with Crippen LogP contribution in [0.1, 0.15) is 53.4 Å². The zero-order valence-electron chi connectivity index (χ0n) is 9.51. The van der Waals surface area contributed by atoms with Crippen LogP contribution in [-0.4, -0.2) is 11.8 Å². The number of unbranched alkanes of at least 4 members (excludes halogenated alkanes) is 3. The van der Waals surface area contributed by atoms with Gasteiger partial charge in [0.15, 0.2) is 0 Å². The topological polar surface area (TPSA) is 12.4 Å². The van der Waals surface area contributed by atoms with E-state index in [2.05, 4.69) is 44.8 Å². The van der Waals surface area contributed by atoms with Crippen molar-refractivity contribution in [2.45, 2.75) is 58.9 Å². The molecule has 76 valence electrons. The molecule has 0 amide bonds. The zero-order chi connectivity index (χ0) is 10.2. The fourth-order valence-electron chi connectivity index (χ4n) is 0.936. The molecular formula is C12H23N. The summed E-state index contributed by atoms with van der Waals surface area (Å²) < 4.78 is 0. The van der Waals surface area contributed by atoms with Gasteiger partial charge in [-0.05, 0) is 39.7 Å². The van der Waals surface area contributed by atoms with Crippen LogP contribution in [0.15, 0.2) is 17.1 Å². The first-order chi connectivity index (χ1) is 6.06. The zero-order valence-corrected chi connectivity index (χ0v) is 9.51. The number of hydrogen-bond donors (Lipinski definition) is 0. The number of aliphatic imine (C=N–C) groups is 1. The Morgan fingerprint density at radius 2 is 1.85 bits per heavy atom. The highest BCUT2D eigenvalue weighted by atomic mass is 14.8. The first-order valence-electron chi connectivity index (χ1n) is 5.26. The highest BCUT2D eigenvalue weighted by Gasteiger charge is 2.02. The van der Waals surface area contributed by atoms with Gasteiger partial charge in [0.05, 0.1) is 5.54 Å². The Hall–Kier alpha value is -0.590. The highest BCUT2D eigenvalue weighted by Crippen LogP contribution is 2.04. The molecule has 0 saturated carbocycles. The van der Waals surface area contributed by atoms with Gasteiger partial charge in [0.25, 0.3) is 0 Å². The summed E-state index contributed by atoms with van der Waals surface area (Å²) in [6, 6.07) is 0. The van der Waals surface area contributed by atoms with Crippen molar-refractivity contribution in [1.29, 1.82) is 0 Å². The van der Waals surface area contributed by atoms with E-state index in [1.807, 2.05) is 6.21 Å². The van der Waals surface area contributed by atoms with Gasteiger partial charge < -0.3 is 0 Å². The van der Waals surface area contributed by atoms with Crippen LogP contribution in [0.5, 0.6) is 0 Å². The van der Waals surface area contributed by atoms with E-state index in [1.54, 1.807) is 0 Å². The third-order valence-corrected chi connectivity index (χ3v) is 1.66. The molecule has 0 unspecified atom stereocenters. The second-order valence-corrected chi connectivity index (χ2v) is 4.37. The molecule has 0 aliphatic carbocycles. The lowest BCUT2D eigenvalue weighted by atomic mass is 10.1. The minimum Gasteiger partial charge on any atom is -0.287 e. The highest BCUT2D eigenvalue weighted by molar-refractivity contribution is 5.71. The molecule has 0 saturated heterocycles. The monoisotopic (exact) mass is 181 g/mol. The lowest BCUT2D eigenvalue weighted by molar-refractivity contribution is 0.587. The van der Waals surface area contributed by atoms with Crippen LogP contribution < -0.4 is 0 Å². The van der Waals surface area contributed by atoms with E-state index in [4.69, 9.17) is 0 Å². The third kappa shape index (κ3) is 11.4. The van der Waals surface area contributed by atoms with E-state index in [0.717, 1.165) is 0 Å². The summed E-state index contributed by atoms with van der Waals surface area (Å²) >= 11 is 0. The molecule has 0 rings (SSSR count). The van der Waals surface area contributed by atoms with Crippen molar-refractivity contribution in [2.75, 3.05) is 0 Å². The van der Waals surface area contributed by atoms with E-state index >= 15 is 0 Å². The molecule has 0 aromatic carbocycles. The third-order valence-electron chi connectivity index (χ3n) is 1.66. The standard InChI is InChI=1S/C12H23N/c1-5-6-7-8-9-10-11-13-12(2,3)4/h9-11H,5-8H2,1-4H3/b10-9+,13-11?. The van der Waals surface area contributed by atoms with Gasteiger partial charge in [-0.25, -0.2) is 0 Å². The van der Waals surface area contributed by atoms with Crippen LogP contribution in [0.3, 0.4) is 0 Å². The van der Waals surface area contributed by atoms with Crippen LogP contribution in [0.4, 0.5) is 0 Å². The minimum atomic E-state index is 0.0633. The van der Waals surface area contributed by atoms with E-state index in [0.29, 0.717) is 0 Å². The van der Waals surface area contributed by atoms with Crippen molar-refractivity contribution >= 4 is 6.21 Å². The molecule has 0 bridgehead atoms. The van der Waals surface area contributed by atoms with E-state index in [1.165, 1.54) is 25.7 Å². The molecule has 1 heteroatoms. The minimum absolute atomic E-state index is 0.0633. The van der Waals surface area contributed by atoms with Gasteiger partial charge in [0, 0.05) is 6.21 Å². The second kappa shape index (κ2) is 6.88. The van der Waals surface area contributed by atoms with Crippen molar-refractivity contribution in [3.63, 3.8) is 0 Å². The van der Waals surface area contributed by atoms with E-state index < -0.39 is 0 Å². The van der Waals surface area contributed by atoms with Crippen LogP contribution in [0.25, 0.3) is 0 Å². The molecule has 0 aliphatic rings. The molecule has 0 heterocycles. The summed E-state index contributed by atoms with van der Waals surface area (Å²) in [6.45, 7) is 8.54. The first kappa shape index (κ1) is 12.4. The van der Waals surface area contributed by atoms with Crippen LogP contribution in [0, 0.1) is 0 Å². The molecule has 0 atom stereocenters. The van der Waals surface area contributed by atoms with Crippen molar-refractivity contribution < 1.29 is 0 Å². The van der Waals surface area contributed by atoms with Crippen LogP contribution >= 0.6 is 0 Å². The Bertz CT molecular complexity index is 160. The number of nitrogens with zero attached hydrogens (tertiary/aromatic N) is 1. The predicted octanol–water partition coefficient (Wildman–Crippen LogP) is 3.99. The van der Waals surface area contributed by atoms with E-state index in [9.17, 15) is 0 Å². The summed E-state index contributed by atoms with van der Waals surface area (Å²) in [7, 11) is 0. The maximum Gasteiger partial charge on any atom is 0.0524 e. The van der Waals surface area contributed by atoms with Crippen LogP contribution in [0.2, 0.25) is 0 Å². The van der Waals surface area contributed by atoms with Crippen molar-refractivity contribution in [1.82, 2.24) is 0 Å². The SMILES string of the molecule is CCCCC/C=C/C=NC(C)(C)C. The van der Waals surface area contributed by atoms with Gasteiger partial charge in [-0.1, -0.05) is 25.8 Å². The molecule has 0 fully saturated rings. The first-order valence-corrected chi connectivity index (χ1v) is 5.26. The fraction of sp³-hybridized carbons (Fsp3) is 0.750. The molecule has 0 N–H and O–H groups in total. The Morgan fingerprint density at radius 3 is 2.38 bits per heavy atom. The number of hydrogen-bond acceptors (Lipinski definition) is 1. The van der Waals surface area contributed by atoms with Gasteiger partial charge >= 0.3 is 0 Å². The molecule has 13 heavy (non-hydrogen) atoms. The summed E-state index contributed by atoms with van der Waals surface area (Å²) in [5.41, 5.74) is 0.0633. The average molecular weight is 181 g/mol. The lowest BCUT2D eigenvalue weighted by Gasteiger charge is -2.09. The summed E-state index contributed by atoms with van der Waals surface area (Å²) in [5, 5.41) is 0. The van der Waals surface area contributed by atoms with Crippen molar-refractivity contribution in [3.05, 3.63) is 12.2 Å². The fourth-order valence-corrected chi connectivity index (χ4v) is 0.936. The van der Waals surface area contributed by atoms with Crippen molar-refractivity contribution in [3.8, 4) is 0 Å². The lowest BCUT2D eigenvalue weighted by Crippen LogP contribution is -2.08. The maximum absolute atomic E-state index is 4.36. The summed E-state index contributed by atoms with van der Waals surface area (Å²) in [5.74, 6) is 0. The smallest absolute Gasteiger partial charge is 0.0524 e. The van der Waals surface area contributed by atoms with Gasteiger partial charge in [0.1, 0.15) is 0 Å². The summed E-state index contributed by atoms with van der Waals surface area (Å²) in [6.07, 6.45) is 11.3. The molecule has 1 nitrogen and oxygen atoms in total. The largest absolute Gasteiger partial charge is 0.287 e. The molecular weight excluding hydrogens is 158 g/mol. The van der Waals surface area contributed by atoms with Crippen LogP contribution in [-0.2, 0) is 0 Å². The van der Waals surface area contributed by atoms with Crippen molar-refractivity contribution in [2.24, 2.45) is 4.99 Å². The Kier molecular flexibility index (Phi) is 6.56. The molecule has 0 aromatic rings. The predicted molar refractivity (Wildman–Crippen MR) is 61.5 cm³/mol.